The molecule has 35 heavy (non-hydrogen) atoms. The van der Waals surface area contributed by atoms with Crippen LogP contribution in [0.25, 0.3) is 0 Å². The topological polar surface area (TPSA) is 85.0 Å². The van der Waals surface area contributed by atoms with E-state index in [1.807, 2.05) is 49.9 Å². The van der Waals surface area contributed by atoms with Crippen molar-refractivity contribution in [2.75, 3.05) is 68.5 Å². The summed E-state index contributed by atoms with van der Waals surface area (Å²) in [6.45, 7) is 14.9. The summed E-state index contributed by atoms with van der Waals surface area (Å²) in [6.07, 6.45) is 0. The standard InChI is InChI=1S/C26H37N5O3S/c1-5-29-12-14-31(15-13-29)26(32)22-6-7-24(30-10-8-27-9-11-30)23(18-22)28-35(33,34)25-20(3)16-19(2)17-21(25)4/h6-7,16-18,27-28H,5,8-15H2,1-4H3. The van der Waals surface area contributed by atoms with Gasteiger partial charge >= 0.3 is 0 Å². The highest BCUT2D eigenvalue weighted by Gasteiger charge is 2.26. The molecule has 0 bridgehead atoms. The fourth-order valence-corrected chi connectivity index (χ4v) is 6.69. The maximum Gasteiger partial charge on any atom is 0.262 e. The molecule has 190 valence electrons. The zero-order valence-electron chi connectivity index (χ0n) is 21.2. The largest absolute Gasteiger partial charge is 0.367 e. The van der Waals surface area contributed by atoms with E-state index in [0.29, 0.717) is 40.4 Å². The number of carbonyl (C=O) groups is 1. The van der Waals surface area contributed by atoms with Gasteiger partial charge in [0.1, 0.15) is 0 Å². The zero-order valence-corrected chi connectivity index (χ0v) is 22.0. The van der Waals surface area contributed by atoms with Gasteiger partial charge in [-0.1, -0.05) is 24.6 Å². The molecule has 0 atom stereocenters. The average molecular weight is 500 g/mol. The van der Waals surface area contributed by atoms with Crippen LogP contribution in [-0.4, -0.2) is 83.0 Å². The molecule has 9 heteroatoms. The molecule has 2 aliphatic heterocycles. The fraction of sp³-hybridized carbons (Fsp3) is 0.500. The molecule has 2 aromatic rings. The number of rotatable bonds is 6. The van der Waals surface area contributed by atoms with Crippen LogP contribution in [0.4, 0.5) is 11.4 Å². The molecule has 1 amide bonds. The van der Waals surface area contributed by atoms with Crippen LogP contribution in [0.15, 0.2) is 35.2 Å². The maximum absolute atomic E-state index is 13.6. The molecule has 2 heterocycles. The molecule has 8 nitrogen and oxygen atoms in total. The van der Waals surface area contributed by atoms with Crippen molar-refractivity contribution in [3.63, 3.8) is 0 Å². The smallest absolute Gasteiger partial charge is 0.262 e. The van der Waals surface area contributed by atoms with E-state index >= 15 is 0 Å². The zero-order chi connectivity index (χ0) is 25.2. The highest BCUT2D eigenvalue weighted by atomic mass is 32.2. The van der Waals surface area contributed by atoms with E-state index in [1.165, 1.54) is 0 Å². The summed E-state index contributed by atoms with van der Waals surface area (Å²) >= 11 is 0. The Balaban J connectivity index is 1.68. The number of sulfonamides is 1. The second kappa shape index (κ2) is 10.6. The summed E-state index contributed by atoms with van der Waals surface area (Å²) in [5.74, 6) is -0.0595. The van der Waals surface area contributed by atoms with Crippen LogP contribution in [0.3, 0.4) is 0 Å². The number of anilines is 2. The molecular weight excluding hydrogens is 462 g/mol. The van der Waals surface area contributed by atoms with E-state index in [4.69, 9.17) is 0 Å². The molecule has 0 aliphatic carbocycles. The predicted octanol–water partition coefficient (Wildman–Crippen LogP) is 2.60. The third-order valence-corrected chi connectivity index (χ3v) is 8.60. The van der Waals surface area contributed by atoms with Gasteiger partial charge in [0.25, 0.3) is 15.9 Å². The van der Waals surface area contributed by atoms with Gasteiger partial charge in [-0.25, -0.2) is 8.42 Å². The summed E-state index contributed by atoms with van der Waals surface area (Å²) in [5, 5.41) is 3.33. The number of carbonyl (C=O) groups excluding carboxylic acids is 1. The molecule has 0 aromatic heterocycles. The van der Waals surface area contributed by atoms with Crippen LogP contribution in [0.5, 0.6) is 0 Å². The lowest BCUT2D eigenvalue weighted by molar-refractivity contribution is 0.0643. The van der Waals surface area contributed by atoms with E-state index in [1.54, 1.807) is 6.07 Å². The molecule has 0 unspecified atom stereocenters. The minimum Gasteiger partial charge on any atom is -0.367 e. The highest BCUT2D eigenvalue weighted by molar-refractivity contribution is 7.92. The van der Waals surface area contributed by atoms with Gasteiger partial charge in [-0.05, 0) is 56.6 Å². The number of piperazine rings is 2. The lowest BCUT2D eigenvalue weighted by Crippen LogP contribution is -2.48. The number of aryl methyl sites for hydroxylation is 3. The average Bonchev–Trinajstić information content (AvgIpc) is 2.83. The number of nitrogens with zero attached hydrogens (tertiary/aromatic N) is 3. The second-order valence-electron chi connectivity index (χ2n) is 9.53. The number of nitrogens with one attached hydrogen (secondary N) is 2. The molecule has 0 saturated carbocycles. The van der Waals surface area contributed by atoms with Gasteiger partial charge in [0.2, 0.25) is 0 Å². The number of hydrogen-bond acceptors (Lipinski definition) is 6. The molecule has 2 aromatic carbocycles. The van der Waals surface area contributed by atoms with Crippen LogP contribution in [-0.2, 0) is 10.0 Å². The van der Waals surface area contributed by atoms with E-state index in [0.717, 1.165) is 57.1 Å². The molecular formula is C26H37N5O3S. The van der Waals surface area contributed by atoms with Crippen LogP contribution >= 0.6 is 0 Å². The molecule has 2 saturated heterocycles. The van der Waals surface area contributed by atoms with Gasteiger partial charge in [-0.15, -0.1) is 0 Å². The highest BCUT2D eigenvalue weighted by Crippen LogP contribution is 2.32. The minimum absolute atomic E-state index is 0.0595. The van der Waals surface area contributed by atoms with Crippen molar-refractivity contribution in [2.45, 2.75) is 32.6 Å². The minimum atomic E-state index is -3.85. The van der Waals surface area contributed by atoms with Gasteiger partial charge in [0, 0.05) is 57.9 Å². The number of hydrogen-bond donors (Lipinski definition) is 2. The number of amides is 1. The van der Waals surface area contributed by atoms with Crippen molar-refractivity contribution < 1.29 is 13.2 Å². The molecule has 2 N–H and O–H groups in total. The van der Waals surface area contributed by atoms with Gasteiger partial charge in [-0.3, -0.25) is 9.52 Å². The maximum atomic E-state index is 13.6. The third kappa shape index (κ3) is 5.63. The van der Waals surface area contributed by atoms with Gasteiger partial charge in [-0.2, -0.15) is 0 Å². The van der Waals surface area contributed by atoms with E-state index in [9.17, 15) is 13.2 Å². The summed E-state index contributed by atoms with van der Waals surface area (Å²) in [7, 11) is -3.85. The summed E-state index contributed by atoms with van der Waals surface area (Å²) < 4.78 is 30.0. The normalized spacial score (nSPS) is 17.5. The van der Waals surface area contributed by atoms with Crippen molar-refractivity contribution in [2.24, 2.45) is 0 Å². The van der Waals surface area contributed by atoms with Crippen LogP contribution in [0.2, 0.25) is 0 Å². The lowest BCUT2D eigenvalue weighted by atomic mass is 10.1. The van der Waals surface area contributed by atoms with Gasteiger partial charge in [0.15, 0.2) is 0 Å². The van der Waals surface area contributed by atoms with Crippen molar-refractivity contribution >= 4 is 27.3 Å². The summed E-state index contributed by atoms with van der Waals surface area (Å²) in [6, 6.07) is 9.19. The Morgan fingerprint density at radius 3 is 2.17 bits per heavy atom. The fourth-order valence-electron chi connectivity index (χ4n) is 5.17. The van der Waals surface area contributed by atoms with Crippen LogP contribution < -0.4 is 14.9 Å². The molecule has 2 fully saturated rings. The van der Waals surface area contributed by atoms with E-state index in [-0.39, 0.29) is 5.91 Å². The summed E-state index contributed by atoms with van der Waals surface area (Å²) in [4.78, 5) is 20.0. The lowest BCUT2D eigenvalue weighted by Gasteiger charge is -2.34. The Hall–Kier alpha value is -2.62. The molecule has 2 aliphatic rings. The van der Waals surface area contributed by atoms with Crippen LogP contribution in [0.1, 0.15) is 34.0 Å². The first-order valence-electron chi connectivity index (χ1n) is 12.4. The van der Waals surface area contributed by atoms with E-state index in [2.05, 4.69) is 26.8 Å². The van der Waals surface area contributed by atoms with Crippen molar-refractivity contribution in [1.82, 2.24) is 15.1 Å². The van der Waals surface area contributed by atoms with Crippen molar-refractivity contribution in [3.8, 4) is 0 Å². The SMILES string of the molecule is CCN1CCN(C(=O)c2ccc(N3CCNCC3)c(NS(=O)(=O)c3c(C)cc(C)cc3C)c2)CC1. The number of benzene rings is 2. The predicted molar refractivity (Wildman–Crippen MR) is 141 cm³/mol. The van der Waals surface area contributed by atoms with Crippen molar-refractivity contribution in [1.29, 1.82) is 0 Å². The molecule has 0 spiro atoms. The number of likely N-dealkylation sites (N-methyl/N-ethyl adjacent to an activating group) is 1. The Kier molecular flexibility index (Phi) is 7.68. The third-order valence-electron chi connectivity index (χ3n) is 6.93. The Bertz CT molecular complexity index is 1160. The quantitative estimate of drug-likeness (QED) is 0.636. The Labute approximate surface area is 209 Å². The van der Waals surface area contributed by atoms with Crippen molar-refractivity contribution in [3.05, 3.63) is 52.6 Å². The molecule has 0 radical (unpaired) electrons. The first kappa shape index (κ1) is 25.5. The second-order valence-corrected chi connectivity index (χ2v) is 11.1. The first-order chi connectivity index (χ1) is 16.7. The summed E-state index contributed by atoms with van der Waals surface area (Å²) in [5.41, 5.74) is 4.19. The Morgan fingerprint density at radius 2 is 1.57 bits per heavy atom. The Morgan fingerprint density at radius 1 is 0.943 bits per heavy atom. The monoisotopic (exact) mass is 499 g/mol. The van der Waals surface area contributed by atoms with E-state index < -0.39 is 10.0 Å². The first-order valence-corrected chi connectivity index (χ1v) is 13.9. The van der Waals surface area contributed by atoms with Gasteiger partial charge in [0.05, 0.1) is 16.3 Å². The molecule has 4 rings (SSSR count). The van der Waals surface area contributed by atoms with Gasteiger partial charge < -0.3 is 20.0 Å². The van der Waals surface area contributed by atoms with Crippen LogP contribution in [0, 0.1) is 20.8 Å².